The van der Waals surface area contributed by atoms with E-state index in [0.717, 1.165) is 44.9 Å². The zero-order chi connectivity index (χ0) is 39.6. The summed E-state index contributed by atoms with van der Waals surface area (Å²) in [6, 6.07) is 0. The van der Waals surface area contributed by atoms with Crippen molar-refractivity contribution in [3.05, 3.63) is 0 Å². The highest BCUT2D eigenvalue weighted by Gasteiger charge is 2.22. The van der Waals surface area contributed by atoms with Crippen molar-refractivity contribution >= 4 is 11.8 Å². The van der Waals surface area contributed by atoms with Crippen LogP contribution < -0.4 is 10.6 Å². The van der Waals surface area contributed by atoms with Crippen LogP contribution in [0.2, 0.25) is 0 Å². The topological polar surface area (TPSA) is 98.7 Å². The number of nitrogens with one attached hydrogen (secondary N) is 2. The number of hydrogen-bond acceptors (Lipinski definition) is 4. The molecule has 6 nitrogen and oxygen atoms in total. The molecule has 2 unspecified atom stereocenters. The quantitative estimate of drug-likeness (QED) is 0.0367. The molecule has 0 aromatic rings. The van der Waals surface area contributed by atoms with Gasteiger partial charge >= 0.3 is 0 Å². The summed E-state index contributed by atoms with van der Waals surface area (Å²) < 4.78 is 0. The fourth-order valence-corrected chi connectivity index (χ4v) is 7.75. The average Bonchev–Trinajstić information content (AvgIpc) is 3.16. The van der Waals surface area contributed by atoms with Crippen LogP contribution in [0.3, 0.4) is 0 Å². The molecule has 0 aromatic carbocycles. The van der Waals surface area contributed by atoms with Gasteiger partial charge in [0.1, 0.15) is 18.4 Å². The van der Waals surface area contributed by atoms with Gasteiger partial charge in [-0.25, -0.2) is 0 Å². The molecule has 0 saturated heterocycles. The fourth-order valence-electron chi connectivity index (χ4n) is 7.75. The number of carbonyl (C=O) groups is 2. The smallest absolute Gasteiger partial charge is 0.250 e. The first kappa shape index (κ1) is 52.9. The van der Waals surface area contributed by atoms with Gasteiger partial charge in [0, 0.05) is 0 Å². The van der Waals surface area contributed by atoms with Gasteiger partial charge in [0.15, 0.2) is 0 Å². The van der Waals surface area contributed by atoms with Crippen LogP contribution in [0.5, 0.6) is 0 Å². The van der Waals surface area contributed by atoms with E-state index in [1.54, 1.807) is 0 Å². The highest BCUT2D eigenvalue weighted by Crippen LogP contribution is 2.17. The number of aliphatic hydroxyl groups excluding tert-OH is 2. The second kappa shape index (κ2) is 43.0. The van der Waals surface area contributed by atoms with E-state index in [2.05, 4.69) is 24.5 Å². The van der Waals surface area contributed by atoms with Crippen LogP contribution in [-0.4, -0.2) is 40.4 Å². The Balaban J connectivity index is 3.75. The van der Waals surface area contributed by atoms with E-state index >= 15 is 0 Å². The first-order chi connectivity index (χ1) is 26.5. The zero-order valence-corrected chi connectivity index (χ0v) is 36.7. The van der Waals surface area contributed by atoms with E-state index in [-0.39, 0.29) is 0 Å². The molecule has 2 atom stereocenters. The predicted molar refractivity (Wildman–Crippen MR) is 234 cm³/mol. The lowest BCUT2D eigenvalue weighted by molar-refractivity contribution is -0.133. The van der Waals surface area contributed by atoms with Gasteiger partial charge in [-0.15, -0.1) is 0 Å². The molecule has 0 aliphatic carbocycles. The lowest BCUT2D eigenvalue weighted by Crippen LogP contribution is -2.52. The summed E-state index contributed by atoms with van der Waals surface area (Å²) in [6.07, 6.45) is 46.8. The monoisotopic (exact) mass is 765 g/mol. The zero-order valence-electron chi connectivity index (χ0n) is 36.7. The van der Waals surface area contributed by atoms with Gasteiger partial charge in [-0.1, -0.05) is 258 Å². The minimum atomic E-state index is -1.06. The first-order valence-electron chi connectivity index (χ1n) is 24.4. The third-order valence-corrected chi connectivity index (χ3v) is 11.5. The number of carbonyl (C=O) groups excluding carboxylic acids is 2. The molecule has 6 heteroatoms. The Bertz CT molecular complexity index is 718. The van der Waals surface area contributed by atoms with Crippen LogP contribution in [0.15, 0.2) is 0 Å². The van der Waals surface area contributed by atoms with Crippen molar-refractivity contribution < 1.29 is 19.8 Å². The molecule has 322 valence electrons. The maximum Gasteiger partial charge on any atom is 0.250 e. The normalized spacial score (nSPS) is 13.2. The Hall–Kier alpha value is -1.14. The van der Waals surface area contributed by atoms with E-state index in [1.807, 2.05) is 6.92 Å². The van der Waals surface area contributed by atoms with Crippen molar-refractivity contribution in [1.29, 1.82) is 0 Å². The Kier molecular flexibility index (Phi) is 42.1. The summed E-state index contributed by atoms with van der Waals surface area (Å²) in [7, 11) is 0. The number of rotatable bonds is 44. The van der Waals surface area contributed by atoms with Gasteiger partial charge in [0.25, 0.3) is 0 Å². The summed E-state index contributed by atoms with van der Waals surface area (Å²) in [4.78, 5) is 25.3. The molecule has 0 radical (unpaired) electrons. The van der Waals surface area contributed by atoms with Gasteiger partial charge in [-0.3, -0.25) is 9.59 Å². The van der Waals surface area contributed by atoms with E-state index in [0.29, 0.717) is 19.3 Å². The molecule has 0 aromatic heterocycles. The third-order valence-electron chi connectivity index (χ3n) is 11.5. The Morgan fingerprint density at radius 2 is 0.519 bits per heavy atom. The molecular weight excluding hydrogens is 669 g/mol. The molecule has 2 amide bonds. The highest BCUT2D eigenvalue weighted by atomic mass is 16.3. The van der Waals surface area contributed by atoms with Crippen molar-refractivity contribution in [3.63, 3.8) is 0 Å². The van der Waals surface area contributed by atoms with Gasteiger partial charge in [0.2, 0.25) is 11.8 Å². The van der Waals surface area contributed by atoms with Crippen LogP contribution in [0.1, 0.15) is 278 Å². The minimum Gasteiger partial charge on any atom is -0.383 e. The molecule has 54 heavy (non-hydrogen) atoms. The number of aliphatic hydroxyl groups is 2. The Morgan fingerprint density at radius 3 is 0.722 bits per heavy atom. The first-order valence-corrected chi connectivity index (χ1v) is 24.4. The number of unbranched alkanes of at least 4 members (excludes halogenated alkanes) is 34. The number of hydrogen-bond donors (Lipinski definition) is 4. The lowest BCUT2D eigenvalue weighted by Gasteiger charge is -2.23. The lowest BCUT2D eigenvalue weighted by atomic mass is 10.0. The van der Waals surface area contributed by atoms with Gasteiger partial charge < -0.3 is 20.8 Å². The van der Waals surface area contributed by atoms with Crippen LogP contribution in [-0.2, 0) is 9.59 Å². The van der Waals surface area contributed by atoms with Crippen LogP contribution in [0, 0.1) is 0 Å². The second-order valence-corrected chi connectivity index (χ2v) is 17.0. The molecular formula is C48H96N2O4. The van der Waals surface area contributed by atoms with Crippen molar-refractivity contribution in [2.45, 2.75) is 296 Å². The summed E-state index contributed by atoms with van der Waals surface area (Å²) in [5.74, 6) is -0.863. The molecule has 4 N–H and O–H groups in total. The summed E-state index contributed by atoms with van der Waals surface area (Å²) >= 11 is 0. The van der Waals surface area contributed by atoms with Gasteiger partial charge in [-0.05, 0) is 19.3 Å². The van der Waals surface area contributed by atoms with E-state index in [4.69, 9.17) is 0 Å². The maximum atomic E-state index is 12.7. The summed E-state index contributed by atoms with van der Waals surface area (Å²) in [6.45, 7) is 6.56. The van der Waals surface area contributed by atoms with Gasteiger partial charge in [-0.2, -0.15) is 0 Å². The average molecular weight is 765 g/mol. The molecule has 0 aliphatic heterocycles. The van der Waals surface area contributed by atoms with Crippen LogP contribution in [0.4, 0.5) is 0 Å². The molecule has 0 rings (SSSR count). The van der Waals surface area contributed by atoms with E-state index in [9.17, 15) is 19.8 Å². The van der Waals surface area contributed by atoms with Crippen molar-refractivity contribution in [1.82, 2.24) is 10.6 Å². The second-order valence-electron chi connectivity index (χ2n) is 17.0. The van der Waals surface area contributed by atoms with E-state index in [1.165, 1.54) is 193 Å². The van der Waals surface area contributed by atoms with Crippen LogP contribution in [0.25, 0.3) is 0 Å². The van der Waals surface area contributed by atoms with Crippen molar-refractivity contribution in [2.75, 3.05) is 0 Å². The molecule has 0 heterocycles. The summed E-state index contributed by atoms with van der Waals surface area (Å²) in [5.41, 5.74) is 0. The molecule has 0 aliphatic rings. The van der Waals surface area contributed by atoms with Crippen molar-refractivity contribution in [2.24, 2.45) is 0 Å². The Labute approximate surface area is 337 Å². The molecule has 0 spiro atoms. The van der Waals surface area contributed by atoms with Gasteiger partial charge in [0.05, 0.1) is 0 Å². The van der Waals surface area contributed by atoms with Crippen molar-refractivity contribution in [3.8, 4) is 0 Å². The Morgan fingerprint density at radius 1 is 0.315 bits per heavy atom. The third kappa shape index (κ3) is 37.8. The predicted octanol–water partition coefficient (Wildman–Crippen LogP) is 13.9. The van der Waals surface area contributed by atoms with Crippen LogP contribution >= 0.6 is 0 Å². The minimum absolute atomic E-state index is 0.432. The molecule has 0 fully saturated rings. The number of amides is 2. The SMILES string of the molecule is CCCCCCCCCCCCCCCCCCCCC(O)C(=O)NC(CCC)NC(=O)C(O)CCCCCCCCCCCCCCCCCCCC. The standard InChI is InChI=1S/C48H96N2O4/c1-4-7-9-11-13-15-17-19-21-23-25-27-29-31-33-35-37-39-42-44(51)47(53)49-46(41-6-3)50-48(54)45(52)43-40-38-36-34-32-30-28-26-24-22-20-18-16-14-12-10-8-5-2/h44-46,51-52H,4-43H2,1-3H3,(H,49,53)(H,50,54). The summed E-state index contributed by atoms with van der Waals surface area (Å²) in [5, 5.41) is 26.5. The molecule has 0 saturated carbocycles. The molecule has 0 bridgehead atoms. The largest absolute Gasteiger partial charge is 0.383 e. The van der Waals surface area contributed by atoms with E-state index < -0.39 is 30.2 Å². The maximum absolute atomic E-state index is 12.7. The fraction of sp³-hybridized carbons (Fsp3) is 0.958. The highest BCUT2D eigenvalue weighted by molar-refractivity contribution is 5.83.